The molecule has 0 atom stereocenters. The fourth-order valence-corrected chi connectivity index (χ4v) is 3.49. The van der Waals surface area contributed by atoms with Crippen molar-refractivity contribution in [2.24, 2.45) is 0 Å². The van der Waals surface area contributed by atoms with Gasteiger partial charge in [-0.15, -0.1) is 0 Å². The number of rotatable bonds is 3. The van der Waals surface area contributed by atoms with Gasteiger partial charge in [-0.05, 0) is 35.9 Å². The lowest BCUT2D eigenvalue weighted by molar-refractivity contribution is -0.113. The number of ether oxygens (including phenoxy) is 1. The zero-order valence-electron chi connectivity index (χ0n) is 12.2. The zero-order chi connectivity index (χ0) is 16.4. The van der Waals surface area contributed by atoms with E-state index in [1.807, 2.05) is 30.3 Å². The summed E-state index contributed by atoms with van der Waals surface area (Å²) in [5.41, 5.74) is 1.30. The van der Waals surface area contributed by atoms with E-state index in [0.717, 1.165) is 5.69 Å². The smallest absolute Gasteiger partial charge is 0.270 e. The van der Waals surface area contributed by atoms with E-state index in [9.17, 15) is 9.18 Å². The van der Waals surface area contributed by atoms with E-state index in [1.54, 1.807) is 12.1 Å². The van der Waals surface area contributed by atoms with Crippen molar-refractivity contribution in [3.05, 3.63) is 64.8 Å². The summed E-state index contributed by atoms with van der Waals surface area (Å²) in [6.45, 7) is 0. The molecule has 3 nitrogen and oxygen atoms in total. The van der Waals surface area contributed by atoms with E-state index >= 15 is 0 Å². The van der Waals surface area contributed by atoms with Crippen LogP contribution >= 0.6 is 24.0 Å². The first-order valence-corrected chi connectivity index (χ1v) is 7.99. The summed E-state index contributed by atoms with van der Waals surface area (Å²) in [7, 11) is 1.41. The van der Waals surface area contributed by atoms with Gasteiger partial charge in [-0.3, -0.25) is 9.69 Å². The summed E-state index contributed by atoms with van der Waals surface area (Å²) in [5, 5.41) is 0. The van der Waals surface area contributed by atoms with Crippen LogP contribution in [0.5, 0.6) is 5.75 Å². The van der Waals surface area contributed by atoms with Gasteiger partial charge in [-0.25, -0.2) is 4.39 Å². The standard InChI is InChI=1S/C17H12FNO2S2/c1-21-14-8-7-11(9-13(14)18)10-15-16(20)19(17(22)23-15)12-5-3-2-4-6-12/h2-10H,1H3/b15-10-. The molecule has 2 aromatic rings. The molecule has 1 amide bonds. The van der Waals surface area contributed by atoms with Crippen LogP contribution in [0.25, 0.3) is 6.08 Å². The number of para-hydroxylation sites is 1. The van der Waals surface area contributed by atoms with Gasteiger partial charge >= 0.3 is 0 Å². The molecule has 0 aliphatic carbocycles. The molecule has 0 radical (unpaired) electrons. The normalized spacial score (nSPS) is 16.3. The number of hydrogen-bond acceptors (Lipinski definition) is 4. The monoisotopic (exact) mass is 345 g/mol. The minimum absolute atomic E-state index is 0.166. The fraction of sp³-hybridized carbons (Fsp3) is 0.0588. The fourth-order valence-electron chi connectivity index (χ4n) is 2.19. The highest BCUT2D eigenvalue weighted by Crippen LogP contribution is 2.36. The molecule has 1 aliphatic heterocycles. The maximum atomic E-state index is 13.8. The van der Waals surface area contributed by atoms with Crippen LogP contribution in [-0.2, 0) is 4.79 Å². The lowest BCUT2D eigenvalue weighted by Crippen LogP contribution is -2.27. The second-order valence-corrected chi connectivity index (χ2v) is 6.42. The molecule has 1 fully saturated rings. The number of anilines is 1. The SMILES string of the molecule is COc1ccc(/C=C2\SC(=S)N(c3ccccc3)C2=O)cc1F. The number of hydrogen-bond donors (Lipinski definition) is 0. The van der Waals surface area contributed by atoms with Crippen LogP contribution in [0.4, 0.5) is 10.1 Å². The molecule has 1 saturated heterocycles. The third-order valence-electron chi connectivity index (χ3n) is 3.28. The summed E-state index contributed by atoms with van der Waals surface area (Å²) in [4.78, 5) is 14.5. The van der Waals surface area contributed by atoms with Gasteiger partial charge in [0.05, 0.1) is 17.7 Å². The highest BCUT2D eigenvalue weighted by atomic mass is 32.2. The average Bonchev–Trinajstić information content (AvgIpc) is 2.82. The Morgan fingerprint density at radius 3 is 2.61 bits per heavy atom. The van der Waals surface area contributed by atoms with E-state index in [2.05, 4.69) is 0 Å². The number of thiocarbonyl (C=S) groups is 1. The van der Waals surface area contributed by atoms with Crippen molar-refractivity contribution in [3.8, 4) is 5.75 Å². The summed E-state index contributed by atoms with van der Waals surface area (Å²) in [6.07, 6.45) is 1.63. The molecule has 2 aromatic carbocycles. The van der Waals surface area contributed by atoms with Crippen molar-refractivity contribution in [2.75, 3.05) is 12.0 Å². The van der Waals surface area contributed by atoms with Crippen molar-refractivity contribution in [3.63, 3.8) is 0 Å². The van der Waals surface area contributed by atoms with Crippen molar-refractivity contribution in [2.45, 2.75) is 0 Å². The second-order valence-electron chi connectivity index (χ2n) is 4.75. The zero-order valence-corrected chi connectivity index (χ0v) is 13.8. The predicted octanol–water partition coefficient (Wildman–Crippen LogP) is 4.24. The molecule has 23 heavy (non-hydrogen) atoms. The Bertz CT molecular complexity index is 805. The number of carbonyl (C=O) groups excluding carboxylic acids is 1. The quantitative estimate of drug-likeness (QED) is 0.615. The number of thioether (sulfide) groups is 1. The van der Waals surface area contributed by atoms with E-state index in [1.165, 1.54) is 35.9 Å². The minimum Gasteiger partial charge on any atom is -0.494 e. The molecule has 0 aromatic heterocycles. The van der Waals surface area contributed by atoms with Gasteiger partial charge in [0, 0.05) is 0 Å². The predicted molar refractivity (Wildman–Crippen MR) is 95.0 cm³/mol. The summed E-state index contributed by atoms with van der Waals surface area (Å²) < 4.78 is 19.1. The lowest BCUT2D eigenvalue weighted by Gasteiger charge is -2.13. The largest absolute Gasteiger partial charge is 0.494 e. The summed E-state index contributed by atoms with van der Waals surface area (Å²) in [5.74, 6) is -0.513. The summed E-state index contributed by atoms with van der Waals surface area (Å²) in [6, 6.07) is 13.7. The number of methoxy groups -OCH3 is 1. The van der Waals surface area contributed by atoms with Crippen LogP contribution in [0.3, 0.4) is 0 Å². The molecule has 0 spiro atoms. The Kier molecular flexibility index (Phi) is 4.45. The van der Waals surface area contributed by atoms with Crippen LogP contribution in [0, 0.1) is 5.82 Å². The molecule has 1 heterocycles. The van der Waals surface area contributed by atoms with Crippen LogP contribution in [0.15, 0.2) is 53.4 Å². The molecule has 0 bridgehead atoms. The Labute approximate surface area is 142 Å². The van der Waals surface area contributed by atoms with Crippen LogP contribution in [0.1, 0.15) is 5.56 Å². The first-order valence-electron chi connectivity index (χ1n) is 6.76. The van der Waals surface area contributed by atoms with E-state index < -0.39 is 5.82 Å². The molecule has 0 saturated carbocycles. The van der Waals surface area contributed by atoms with Crippen molar-refractivity contribution in [1.82, 2.24) is 0 Å². The average molecular weight is 345 g/mol. The van der Waals surface area contributed by atoms with Gasteiger partial charge in [0.1, 0.15) is 0 Å². The van der Waals surface area contributed by atoms with Gasteiger partial charge < -0.3 is 4.74 Å². The van der Waals surface area contributed by atoms with Gasteiger partial charge in [0.25, 0.3) is 5.91 Å². The number of amides is 1. The minimum atomic E-state index is -0.472. The Hall–Kier alpha value is -2.18. The molecular weight excluding hydrogens is 333 g/mol. The molecule has 1 aliphatic rings. The van der Waals surface area contributed by atoms with Gasteiger partial charge in [-0.2, -0.15) is 0 Å². The van der Waals surface area contributed by atoms with Crippen LogP contribution in [-0.4, -0.2) is 17.3 Å². The maximum Gasteiger partial charge on any atom is 0.270 e. The molecule has 116 valence electrons. The molecule has 3 rings (SSSR count). The van der Waals surface area contributed by atoms with Crippen molar-refractivity contribution in [1.29, 1.82) is 0 Å². The van der Waals surface area contributed by atoms with Gasteiger partial charge in [0.15, 0.2) is 15.9 Å². The Balaban J connectivity index is 1.91. The Morgan fingerprint density at radius 1 is 1.22 bits per heavy atom. The highest BCUT2D eigenvalue weighted by molar-refractivity contribution is 8.27. The number of benzene rings is 2. The third kappa shape index (κ3) is 3.13. The van der Waals surface area contributed by atoms with Crippen LogP contribution < -0.4 is 9.64 Å². The lowest BCUT2D eigenvalue weighted by atomic mass is 10.2. The molecule has 0 N–H and O–H groups in total. The van der Waals surface area contributed by atoms with Crippen molar-refractivity contribution >= 4 is 46.0 Å². The van der Waals surface area contributed by atoms with E-state index in [4.69, 9.17) is 17.0 Å². The highest BCUT2D eigenvalue weighted by Gasteiger charge is 2.33. The second kappa shape index (κ2) is 6.52. The van der Waals surface area contributed by atoms with E-state index in [0.29, 0.717) is 14.8 Å². The summed E-state index contributed by atoms with van der Waals surface area (Å²) >= 11 is 6.49. The first-order chi connectivity index (χ1) is 11.1. The first kappa shape index (κ1) is 15.7. The number of nitrogens with zero attached hydrogens (tertiary/aromatic N) is 1. The Morgan fingerprint density at radius 2 is 1.96 bits per heavy atom. The van der Waals surface area contributed by atoms with Crippen molar-refractivity contribution < 1.29 is 13.9 Å². The number of carbonyl (C=O) groups is 1. The van der Waals surface area contributed by atoms with Gasteiger partial charge in [-0.1, -0.05) is 48.2 Å². The number of halogens is 1. The topological polar surface area (TPSA) is 29.5 Å². The van der Waals surface area contributed by atoms with E-state index in [-0.39, 0.29) is 11.7 Å². The van der Waals surface area contributed by atoms with Crippen LogP contribution in [0.2, 0.25) is 0 Å². The van der Waals surface area contributed by atoms with Gasteiger partial charge in [0.2, 0.25) is 0 Å². The molecule has 6 heteroatoms. The maximum absolute atomic E-state index is 13.8. The molecule has 0 unspecified atom stereocenters. The third-order valence-corrected chi connectivity index (χ3v) is 4.58. The molecular formula is C17H12FNO2S2.